The molecule has 7 heteroatoms. The lowest BCUT2D eigenvalue weighted by molar-refractivity contribution is 0.344. The van der Waals surface area contributed by atoms with Gasteiger partial charge in [-0.25, -0.2) is 4.39 Å². The van der Waals surface area contributed by atoms with Gasteiger partial charge in [-0.2, -0.15) is 0 Å². The lowest BCUT2D eigenvalue weighted by Crippen LogP contribution is -2.37. The van der Waals surface area contributed by atoms with Gasteiger partial charge < -0.3 is 29.4 Å². The first-order chi connectivity index (χ1) is 68.4. The molecular formula is C132H107FN6. The highest BCUT2D eigenvalue weighted by molar-refractivity contribution is 5.94. The SMILES string of the molecule is CC1(C)c2cc(-c3ccccc3)ccc2N(c2ccccc2)c2ccc(-c3ccc(N(c4ccccc4)c4ccccc4)cc3)cc21.CC1(C)c2ccc(F)cc2N(c2cccc(-c3ccccc3)c2)c2ccc(-c3ccc(N(c4ccccc4)c4ccccc4)cc3)cc21.c1ccc(N(c2ccccc2)c2ccc(-c3ccc4c(c3)C3(CCCCC3)c3ccccc3N4c3ccccc3)cc2)cc1. The Bertz CT molecular complexity index is 7560. The molecule has 0 saturated heterocycles. The van der Waals surface area contributed by atoms with E-state index in [0.29, 0.717) is 0 Å². The van der Waals surface area contributed by atoms with E-state index in [1.807, 2.05) is 24.3 Å². The molecule has 20 aromatic carbocycles. The van der Waals surface area contributed by atoms with Crippen molar-refractivity contribution in [1.82, 2.24) is 0 Å². The molecule has 1 fully saturated rings. The van der Waals surface area contributed by atoms with Crippen LogP contribution in [0.2, 0.25) is 0 Å². The summed E-state index contributed by atoms with van der Waals surface area (Å²) >= 11 is 0. The van der Waals surface area contributed by atoms with Gasteiger partial charge in [0.1, 0.15) is 5.82 Å². The molecule has 672 valence electrons. The molecule has 24 rings (SSSR count). The molecule has 0 N–H and O–H groups in total. The fraction of sp³-hybridized carbons (Fsp3) is 0.0909. The summed E-state index contributed by atoms with van der Waals surface area (Å²) in [4.78, 5) is 14.0. The second-order valence-electron chi connectivity index (χ2n) is 37.6. The van der Waals surface area contributed by atoms with Crippen molar-refractivity contribution in [2.45, 2.75) is 76.0 Å². The van der Waals surface area contributed by atoms with Crippen molar-refractivity contribution < 1.29 is 4.39 Å². The quantitative estimate of drug-likeness (QED) is 0.0899. The predicted molar refractivity (Wildman–Crippen MR) is 583 cm³/mol. The van der Waals surface area contributed by atoms with Crippen LogP contribution in [0.4, 0.5) is 107 Å². The van der Waals surface area contributed by atoms with Gasteiger partial charge in [0.15, 0.2) is 0 Å². The van der Waals surface area contributed by atoms with Crippen LogP contribution < -0.4 is 29.4 Å². The van der Waals surface area contributed by atoms with Crippen molar-refractivity contribution in [3.8, 4) is 55.6 Å². The third-order valence-electron chi connectivity index (χ3n) is 28.5. The van der Waals surface area contributed by atoms with Crippen LogP contribution in [-0.2, 0) is 16.2 Å². The molecule has 4 aliphatic rings. The summed E-state index contributed by atoms with van der Waals surface area (Å²) < 4.78 is 14.9. The number of benzene rings is 20. The first-order valence-corrected chi connectivity index (χ1v) is 48.6. The van der Waals surface area contributed by atoms with E-state index in [1.54, 1.807) is 12.1 Å². The van der Waals surface area contributed by atoms with Crippen molar-refractivity contribution in [3.63, 3.8) is 0 Å². The van der Waals surface area contributed by atoms with Crippen molar-refractivity contribution in [2.75, 3.05) is 29.4 Å². The van der Waals surface area contributed by atoms with E-state index >= 15 is 0 Å². The average molecular weight is 1800 g/mol. The molecule has 1 spiro atoms. The molecule has 0 bridgehead atoms. The maximum atomic E-state index is 14.9. The maximum absolute atomic E-state index is 14.9. The third kappa shape index (κ3) is 17.1. The number of rotatable bonds is 17. The highest BCUT2D eigenvalue weighted by Crippen LogP contribution is 2.60. The molecule has 1 saturated carbocycles. The monoisotopic (exact) mass is 1790 g/mol. The molecule has 0 atom stereocenters. The number of para-hydroxylation sites is 9. The highest BCUT2D eigenvalue weighted by atomic mass is 19.1. The molecule has 0 aromatic heterocycles. The van der Waals surface area contributed by atoms with Crippen LogP contribution in [0, 0.1) is 5.82 Å². The van der Waals surface area contributed by atoms with E-state index in [0.717, 1.165) is 102 Å². The fourth-order valence-corrected chi connectivity index (χ4v) is 21.6. The Morgan fingerprint density at radius 1 is 0.180 bits per heavy atom. The zero-order valence-corrected chi connectivity index (χ0v) is 78.7. The van der Waals surface area contributed by atoms with Crippen LogP contribution in [0.5, 0.6) is 0 Å². The van der Waals surface area contributed by atoms with Crippen LogP contribution >= 0.6 is 0 Å². The largest absolute Gasteiger partial charge is 0.311 e. The van der Waals surface area contributed by atoms with E-state index < -0.39 is 0 Å². The Hall–Kier alpha value is -16.9. The highest BCUT2D eigenvalue weighted by Gasteiger charge is 2.45. The summed E-state index contributed by atoms with van der Waals surface area (Å²) in [7, 11) is 0. The van der Waals surface area contributed by atoms with Crippen LogP contribution in [0.15, 0.2) is 516 Å². The van der Waals surface area contributed by atoms with Gasteiger partial charge in [-0.15, -0.1) is 0 Å². The Morgan fingerprint density at radius 2 is 0.432 bits per heavy atom. The van der Waals surface area contributed by atoms with Crippen LogP contribution in [0.1, 0.15) is 93.2 Å². The molecule has 20 aromatic rings. The zero-order valence-electron chi connectivity index (χ0n) is 78.7. The summed E-state index contributed by atoms with van der Waals surface area (Å²) in [6, 6.07) is 184. The summed E-state index contributed by atoms with van der Waals surface area (Å²) in [6.07, 6.45) is 6.26. The summed E-state index contributed by atoms with van der Waals surface area (Å²) in [5, 5.41) is 0. The average Bonchev–Trinajstić information content (AvgIpc) is 0.711. The van der Waals surface area contributed by atoms with Crippen LogP contribution in [0.25, 0.3) is 55.6 Å². The van der Waals surface area contributed by atoms with Crippen LogP contribution in [-0.4, -0.2) is 0 Å². The number of hydrogen-bond acceptors (Lipinski definition) is 6. The van der Waals surface area contributed by atoms with Gasteiger partial charge in [-0.3, -0.25) is 0 Å². The minimum Gasteiger partial charge on any atom is -0.311 e. The van der Waals surface area contributed by atoms with Crippen molar-refractivity contribution in [1.29, 1.82) is 0 Å². The summed E-state index contributed by atoms with van der Waals surface area (Å²) in [6.45, 7) is 9.22. The van der Waals surface area contributed by atoms with Gasteiger partial charge in [-0.05, 0) is 314 Å². The first kappa shape index (κ1) is 87.5. The number of hydrogen-bond donors (Lipinski definition) is 0. The molecule has 3 heterocycles. The minimum absolute atomic E-state index is 0.0445. The Morgan fingerprint density at radius 3 is 0.791 bits per heavy atom. The number of nitrogens with zero attached hydrogens (tertiary/aromatic N) is 6. The Balaban J connectivity index is 0.000000120. The second kappa shape index (κ2) is 38.1. The number of fused-ring (bicyclic) bond motifs is 8. The number of anilines is 18. The predicted octanol–water partition coefficient (Wildman–Crippen LogP) is 37.2. The van der Waals surface area contributed by atoms with E-state index in [1.165, 1.54) is 122 Å². The van der Waals surface area contributed by atoms with E-state index in [2.05, 4.69) is 536 Å². The van der Waals surface area contributed by atoms with E-state index in [4.69, 9.17) is 0 Å². The molecule has 6 nitrogen and oxygen atoms in total. The smallest absolute Gasteiger partial charge is 0.125 e. The van der Waals surface area contributed by atoms with Crippen molar-refractivity contribution in [2.24, 2.45) is 0 Å². The van der Waals surface area contributed by atoms with Gasteiger partial charge in [0.2, 0.25) is 0 Å². The zero-order chi connectivity index (χ0) is 93.8. The minimum atomic E-state index is -0.348. The summed E-state index contributed by atoms with van der Waals surface area (Å²) in [5.74, 6) is -0.242. The molecule has 0 amide bonds. The third-order valence-corrected chi connectivity index (χ3v) is 28.5. The van der Waals surface area contributed by atoms with E-state index in [-0.39, 0.29) is 22.1 Å². The number of halogens is 1. The molecule has 139 heavy (non-hydrogen) atoms. The summed E-state index contributed by atoms with van der Waals surface area (Å²) in [5.41, 5.74) is 39.9. The molecule has 0 radical (unpaired) electrons. The van der Waals surface area contributed by atoms with Gasteiger partial charge in [0.25, 0.3) is 0 Å². The fourth-order valence-electron chi connectivity index (χ4n) is 21.6. The lowest BCUT2D eigenvalue weighted by Gasteiger charge is -2.47. The van der Waals surface area contributed by atoms with E-state index in [9.17, 15) is 4.39 Å². The van der Waals surface area contributed by atoms with Crippen molar-refractivity contribution in [3.05, 3.63) is 555 Å². The van der Waals surface area contributed by atoms with Gasteiger partial charge in [0.05, 0.1) is 34.1 Å². The molecule has 1 aliphatic carbocycles. The molecule has 3 aliphatic heterocycles. The standard InChI is InChI=1S/C45H35FN2.C45H36N2.C42H36N2/c1-45(2)41-27-24-36(46)31-44(41)48(40-20-12-15-34(29-40)32-13-6-3-7-14-32)43-28-23-35(30-42(43)45)33-21-25-39(26-22-33)47(37-16-8-4-9-17-37)38-18-10-5-11-19-38;1-45(2)41-31-35(33-15-7-3-8-16-33)25-29-43(41)47(39-21-13-6-14-22-39)44-30-26-36(32-42(44)45)34-23-27-40(28-24-34)46(37-17-9-4-10-18-37)38-19-11-5-12-20-38;1-5-15-34(16-6-1)43(35-17-7-2-8-18-35)37-26-23-32(24-27-37)33-25-28-41-39(31-33)42(29-13-4-14-30-42)38-21-11-12-22-40(38)44(41)36-19-9-3-10-20-36/h3-31H,1-2H3;3-32H,1-2H3;1-3,5-12,15-28,31H,4,13-14,29-30H2. The van der Waals surface area contributed by atoms with Gasteiger partial charge in [0, 0.05) is 84.5 Å². The lowest BCUT2D eigenvalue weighted by atomic mass is 9.62. The van der Waals surface area contributed by atoms with Crippen molar-refractivity contribution >= 4 is 102 Å². The van der Waals surface area contributed by atoms with Crippen LogP contribution in [0.3, 0.4) is 0 Å². The second-order valence-corrected chi connectivity index (χ2v) is 37.6. The Kier molecular flexibility index (Phi) is 24.0. The van der Waals surface area contributed by atoms with Gasteiger partial charge in [-0.1, -0.05) is 350 Å². The topological polar surface area (TPSA) is 19.4 Å². The first-order valence-electron chi connectivity index (χ1n) is 48.6. The van der Waals surface area contributed by atoms with Gasteiger partial charge >= 0.3 is 0 Å². The normalized spacial score (nSPS) is 13.6. The molecule has 0 unspecified atom stereocenters. The maximum Gasteiger partial charge on any atom is 0.125 e. The molecular weight excluding hydrogens is 1690 g/mol. The Labute approximate surface area is 817 Å².